The van der Waals surface area contributed by atoms with Crippen LogP contribution in [0.4, 0.5) is 11.6 Å². The minimum absolute atomic E-state index is 0.0340. The standard InChI is InChI=1S/C19H18N6O2/c20-8-16-18(27-15-3-1-5-21-12-15)7-14(11-22-16)25-19-23-9-13(10-24-19)17-4-2-6-26-17/h2,4,6-7,9-11,15,21H,1,3,5,12H2,(H,23,24,25). The van der Waals surface area contributed by atoms with E-state index in [0.29, 0.717) is 23.1 Å². The Bertz CT molecular complexity index is 928. The summed E-state index contributed by atoms with van der Waals surface area (Å²) in [5.41, 5.74) is 1.70. The van der Waals surface area contributed by atoms with Crippen LogP contribution in [0.1, 0.15) is 18.5 Å². The van der Waals surface area contributed by atoms with Crippen molar-refractivity contribution in [1.29, 1.82) is 5.26 Å². The summed E-state index contributed by atoms with van der Waals surface area (Å²) in [6.45, 7) is 1.76. The molecule has 1 unspecified atom stereocenters. The number of hydrogen-bond donors (Lipinski definition) is 2. The van der Waals surface area contributed by atoms with E-state index >= 15 is 0 Å². The van der Waals surface area contributed by atoms with Gasteiger partial charge < -0.3 is 19.8 Å². The lowest BCUT2D eigenvalue weighted by molar-refractivity contribution is 0.166. The highest BCUT2D eigenvalue weighted by Crippen LogP contribution is 2.25. The smallest absolute Gasteiger partial charge is 0.227 e. The summed E-state index contributed by atoms with van der Waals surface area (Å²) >= 11 is 0. The molecule has 4 heterocycles. The molecule has 0 bridgehead atoms. The number of piperidine rings is 1. The van der Waals surface area contributed by atoms with Gasteiger partial charge in [0, 0.05) is 25.0 Å². The van der Waals surface area contributed by atoms with Gasteiger partial charge in [-0.2, -0.15) is 5.26 Å². The van der Waals surface area contributed by atoms with Crippen molar-refractivity contribution >= 4 is 11.6 Å². The topological polar surface area (TPSA) is 109 Å². The monoisotopic (exact) mass is 362 g/mol. The van der Waals surface area contributed by atoms with E-state index in [2.05, 4.69) is 31.7 Å². The Kier molecular flexibility index (Phi) is 4.94. The van der Waals surface area contributed by atoms with E-state index in [0.717, 1.165) is 31.5 Å². The Balaban J connectivity index is 1.50. The Morgan fingerprint density at radius 1 is 1.26 bits per heavy atom. The Morgan fingerprint density at radius 3 is 2.85 bits per heavy atom. The van der Waals surface area contributed by atoms with Crippen molar-refractivity contribution in [3.8, 4) is 23.1 Å². The van der Waals surface area contributed by atoms with Gasteiger partial charge in [0.25, 0.3) is 0 Å². The van der Waals surface area contributed by atoms with Crippen molar-refractivity contribution in [3.63, 3.8) is 0 Å². The average molecular weight is 362 g/mol. The van der Waals surface area contributed by atoms with Crippen LogP contribution >= 0.6 is 0 Å². The van der Waals surface area contributed by atoms with Gasteiger partial charge in [0.2, 0.25) is 5.95 Å². The quantitative estimate of drug-likeness (QED) is 0.713. The fourth-order valence-electron chi connectivity index (χ4n) is 2.88. The minimum atomic E-state index is 0.0340. The van der Waals surface area contributed by atoms with E-state index in [1.54, 1.807) is 30.9 Å². The number of anilines is 2. The van der Waals surface area contributed by atoms with Gasteiger partial charge in [-0.25, -0.2) is 15.0 Å². The molecular weight excluding hydrogens is 344 g/mol. The number of furan rings is 1. The number of nitrogens with zero attached hydrogens (tertiary/aromatic N) is 4. The fourth-order valence-corrected chi connectivity index (χ4v) is 2.88. The molecule has 0 amide bonds. The van der Waals surface area contributed by atoms with Crippen molar-refractivity contribution in [2.45, 2.75) is 18.9 Å². The Hall–Kier alpha value is -3.44. The molecule has 0 spiro atoms. The van der Waals surface area contributed by atoms with Gasteiger partial charge in [-0.15, -0.1) is 0 Å². The lowest BCUT2D eigenvalue weighted by atomic mass is 10.1. The van der Waals surface area contributed by atoms with Crippen molar-refractivity contribution < 1.29 is 9.15 Å². The van der Waals surface area contributed by atoms with Gasteiger partial charge in [0.05, 0.1) is 23.7 Å². The van der Waals surface area contributed by atoms with E-state index in [1.165, 1.54) is 0 Å². The van der Waals surface area contributed by atoms with E-state index in [4.69, 9.17) is 9.15 Å². The third-order valence-corrected chi connectivity index (χ3v) is 4.22. The van der Waals surface area contributed by atoms with Crippen LogP contribution in [0.3, 0.4) is 0 Å². The van der Waals surface area contributed by atoms with Crippen LogP contribution in [0.5, 0.6) is 5.75 Å². The van der Waals surface area contributed by atoms with Gasteiger partial charge in [-0.05, 0) is 31.5 Å². The van der Waals surface area contributed by atoms with E-state index < -0.39 is 0 Å². The summed E-state index contributed by atoms with van der Waals surface area (Å²) in [4.78, 5) is 12.8. The average Bonchev–Trinajstić information content (AvgIpc) is 3.25. The molecule has 0 radical (unpaired) electrons. The second kappa shape index (κ2) is 7.85. The molecule has 0 saturated carbocycles. The number of rotatable bonds is 5. The van der Waals surface area contributed by atoms with Crippen molar-refractivity contribution in [3.05, 3.63) is 48.7 Å². The minimum Gasteiger partial charge on any atom is -0.486 e. The molecule has 2 N–H and O–H groups in total. The molecule has 1 saturated heterocycles. The maximum atomic E-state index is 9.29. The van der Waals surface area contributed by atoms with E-state index in [1.807, 2.05) is 12.1 Å². The molecule has 1 fully saturated rings. The predicted octanol–water partition coefficient (Wildman–Crippen LogP) is 2.88. The van der Waals surface area contributed by atoms with Gasteiger partial charge >= 0.3 is 0 Å². The third-order valence-electron chi connectivity index (χ3n) is 4.22. The summed E-state index contributed by atoms with van der Waals surface area (Å²) in [6, 6.07) is 7.49. The summed E-state index contributed by atoms with van der Waals surface area (Å²) in [6.07, 6.45) is 8.56. The molecule has 136 valence electrons. The van der Waals surface area contributed by atoms with Crippen molar-refractivity contribution in [2.24, 2.45) is 0 Å². The number of aromatic nitrogens is 3. The predicted molar refractivity (Wildman–Crippen MR) is 98.5 cm³/mol. The zero-order valence-electron chi connectivity index (χ0n) is 14.6. The van der Waals surface area contributed by atoms with Crippen molar-refractivity contribution in [2.75, 3.05) is 18.4 Å². The van der Waals surface area contributed by atoms with Gasteiger partial charge in [0.1, 0.15) is 17.9 Å². The fraction of sp³-hybridized carbons (Fsp3) is 0.263. The zero-order valence-corrected chi connectivity index (χ0v) is 14.6. The third kappa shape index (κ3) is 4.04. The van der Waals surface area contributed by atoms with Crippen LogP contribution in [-0.4, -0.2) is 34.1 Å². The molecule has 3 aromatic heterocycles. The molecule has 0 aromatic carbocycles. The summed E-state index contributed by atoms with van der Waals surface area (Å²) < 4.78 is 11.3. The number of nitriles is 1. The first kappa shape index (κ1) is 17.0. The normalized spacial score (nSPS) is 16.5. The number of hydrogen-bond acceptors (Lipinski definition) is 8. The SMILES string of the molecule is N#Cc1ncc(Nc2ncc(-c3ccco3)cn2)cc1OC1CCCNC1. The highest BCUT2D eigenvalue weighted by Gasteiger charge is 2.17. The van der Waals surface area contributed by atoms with Crippen LogP contribution in [0.15, 0.2) is 47.5 Å². The van der Waals surface area contributed by atoms with Gasteiger partial charge in [-0.1, -0.05) is 0 Å². The van der Waals surface area contributed by atoms with Crippen LogP contribution in [0.25, 0.3) is 11.3 Å². The highest BCUT2D eigenvalue weighted by atomic mass is 16.5. The Morgan fingerprint density at radius 2 is 2.15 bits per heavy atom. The first-order valence-corrected chi connectivity index (χ1v) is 8.72. The maximum absolute atomic E-state index is 9.29. The number of nitrogens with one attached hydrogen (secondary N) is 2. The molecule has 1 atom stereocenters. The first-order chi connectivity index (χ1) is 13.3. The summed E-state index contributed by atoms with van der Waals surface area (Å²) in [5.74, 6) is 1.59. The first-order valence-electron chi connectivity index (χ1n) is 8.72. The van der Waals surface area contributed by atoms with Crippen LogP contribution in [0.2, 0.25) is 0 Å². The molecule has 8 heteroatoms. The summed E-state index contributed by atoms with van der Waals surface area (Å²) in [5, 5.41) is 15.7. The second-order valence-electron chi connectivity index (χ2n) is 6.17. The summed E-state index contributed by atoms with van der Waals surface area (Å²) in [7, 11) is 0. The van der Waals surface area contributed by atoms with Gasteiger partial charge in [-0.3, -0.25) is 0 Å². The molecule has 0 aliphatic carbocycles. The molecular formula is C19H18N6O2. The lowest BCUT2D eigenvalue weighted by Gasteiger charge is -2.24. The maximum Gasteiger partial charge on any atom is 0.227 e. The molecule has 1 aliphatic heterocycles. The van der Waals surface area contributed by atoms with Gasteiger partial charge in [0.15, 0.2) is 11.4 Å². The van der Waals surface area contributed by atoms with Crippen LogP contribution in [-0.2, 0) is 0 Å². The molecule has 8 nitrogen and oxygen atoms in total. The van der Waals surface area contributed by atoms with Crippen LogP contribution in [0, 0.1) is 11.3 Å². The molecule has 3 aromatic rings. The Labute approximate surface area is 156 Å². The number of pyridine rings is 1. The molecule has 1 aliphatic rings. The lowest BCUT2D eigenvalue weighted by Crippen LogP contribution is -2.37. The zero-order chi connectivity index (χ0) is 18.5. The molecule has 4 rings (SSSR count). The number of ether oxygens (including phenoxy) is 1. The molecule has 27 heavy (non-hydrogen) atoms. The highest BCUT2D eigenvalue weighted by molar-refractivity contribution is 5.59. The second-order valence-corrected chi connectivity index (χ2v) is 6.17. The van der Waals surface area contributed by atoms with E-state index in [9.17, 15) is 5.26 Å². The largest absolute Gasteiger partial charge is 0.486 e. The van der Waals surface area contributed by atoms with E-state index in [-0.39, 0.29) is 11.8 Å². The van der Waals surface area contributed by atoms with Crippen LogP contribution < -0.4 is 15.4 Å². The van der Waals surface area contributed by atoms with Crippen molar-refractivity contribution in [1.82, 2.24) is 20.3 Å².